The van der Waals surface area contributed by atoms with Crippen molar-refractivity contribution < 1.29 is 13.2 Å². The quantitative estimate of drug-likeness (QED) is 0.813. The van der Waals surface area contributed by atoms with Crippen molar-refractivity contribution in [1.29, 1.82) is 0 Å². The zero-order chi connectivity index (χ0) is 17.2. The van der Waals surface area contributed by atoms with E-state index in [4.69, 9.17) is 0 Å². The molecular formula is C18H26N2O3S. The number of hydrogen-bond acceptors (Lipinski definition) is 4. The molecular weight excluding hydrogens is 324 g/mol. The van der Waals surface area contributed by atoms with Gasteiger partial charge in [-0.3, -0.25) is 4.79 Å². The highest BCUT2D eigenvalue weighted by Gasteiger charge is 2.32. The van der Waals surface area contributed by atoms with E-state index in [1.165, 1.54) is 18.5 Å². The van der Waals surface area contributed by atoms with Gasteiger partial charge in [0.25, 0.3) is 0 Å². The Balaban J connectivity index is 1.50. The fraction of sp³-hybridized carbons (Fsp3) is 0.611. The van der Waals surface area contributed by atoms with Crippen LogP contribution in [-0.2, 0) is 21.1 Å². The van der Waals surface area contributed by atoms with Crippen molar-refractivity contribution in [3.8, 4) is 0 Å². The van der Waals surface area contributed by atoms with Crippen LogP contribution in [0.15, 0.2) is 24.3 Å². The molecule has 1 aromatic carbocycles. The summed E-state index contributed by atoms with van der Waals surface area (Å²) in [6.07, 6.45) is 4.22. The molecule has 132 valence electrons. The number of rotatable bonds is 5. The Hall–Kier alpha value is -1.56. The molecule has 5 nitrogen and oxygen atoms in total. The molecule has 0 aliphatic carbocycles. The molecule has 6 heteroatoms. The Kier molecular flexibility index (Phi) is 5.13. The van der Waals surface area contributed by atoms with E-state index < -0.39 is 9.84 Å². The van der Waals surface area contributed by atoms with Crippen molar-refractivity contribution in [2.45, 2.75) is 38.1 Å². The van der Waals surface area contributed by atoms with Crippen molar-refractivity contribution in [3.05, 3.63) is 29.8 Å². The number of sulfone groups is 1. The molecule has 2 aliphatic heterocycles. The molecule has 0 N–H and O–H groups in total. The van der Waals surface area contributed by atoms with Crippen molar-refractivity contribution >= 4 is 21.4 Å². The Morgan fingerprint density at radius 3 is 2.46 bits per heavy atom. The summed E-state index contributed by atoms with van der Waals surface area (Å²) in [5.74, 6) is 0.341. The summed E-state index contributed by atoms with van der Waals surface area (Å²) < 4.78 is 23.1. The molecule has 2 aliphatic rings. The predicted octanol–water partition coefficient (Wildman–Crippen LogP) is 1.86. The summed E-state index contributed by atoms with van der Waals surface area (Å²) in [4.78, 5) is 16.3. The number of carbonyl (C=O) groups excluding carboxylic acids is 1. The third-order valence-electron chi connectivity index (χ3n) is 5.18. The number of aryl methyl sites for hydroxylation is 1. The fourth-order valence-electron chi connectivity index (χ4n) is 3.56. The van der Waals surface area contributed by atoms with Crippen LogP contribution in [0.1, 0.15) is 31.2 Å². The average molecular weight is 350 g/mol. The van der Waals surface area contributed by atoms with E-state index >= 15 is 0 Å². The number of anilines is 1. The Bertz CT molecular complexity index is 679. The second-order valence-electron chi connectivity index (χ2n) is 6.92. The molecule has 1 amide bonds. The maximum Gasteiger partial charge on any atom is 0.222 e. The summed E-state index contributed by atoms with van der Waals surface area (Å²) >= 11 is 0. The Labute approximate surface area is 144 Å². The maximum atomic E-state index is 12.3. The summed E-state index contributed by atoms with van der Waals surface area (Å²) in [5, 5.41) is 0. The first-order chi connectivity index (χ1) is 11.4. The molecule has 2 fully saturated rings. The number of benzene rings is 1. The van der Waals surface area contributed by atoms with Gasteiger partial charge in [-0.05, 0) is 43.4 Å². The summed E-state index contributed by atoms with van der Waals surface area (Å²) in [7, 11) is -1.23. The zero-order valence-electron chi connectivity index (χ0n) is 14.3. The van der Waals surface area contributed by atoms with E-state index in [2.05, 4.69) is 29.2 Å². The molecule has 0 spiro atoms. The lowest BCUT2D eigenvalue weighted by Crippen LogP contribution is -2.37. The molecule has 1 atom stereocenters. The van der Waals surface area contributed by atoms with E-state index in [-0.39, 0.29) is 23.5 Å². The van der Waals surface area contributed by atoms with E-state index in [9.17, 15) is 13.2 Å². The van der Waals surface area contributed by atoms with E-state index in [0.717, 1.165) is 18.7 Å². The van der Waals surface area contributed by atoms with Crippen LogP contribution >= 0.6 is 0 Å². The van der Waals surface area contributed by atoms with Gasteiger partial charge >= 0.3 is 0 Å². The molecule has 1 unspecified atom stereocenters. The van der Waals surface area contributed by atoms with Gasteiger partial charge in [-0.25, -0.2) is 8.42 Å². The third-order valence-corrected chi connectivity index (χ3v) is 6.93. The topological polar surface area (TPSA) is 57.7 Å². The zero-order valence-corrected chi connectivity index (χ0v) is 15.1. The minimum atomic E-state index is -2.95. The number of nitrogens with zero attached hydrogens (tertiary/aromatic N) is 2. The minimum absolute atomic E-state index is 0.0284. The smallest absolute Gasteiger partial charge is 0.222 e. The molecule has 24 heavy (non-hydrogen) atoms. The molecule has 2 saturated heterocycles. The number of amides is 1. The SMILES string of the molecule is CN(C(=O)CCc1ccc(N2CCCC2)cc1)C1CCS(=O)(=O)C1. The van der Waals surface area contributed by atoms with Crippen molar-refractivity contribution in [1.82, 2.24) is 4.90 Å². The summed E-state index contributed by atoms with van der Waals surface area (Å²) in [5.41, 5.74) is 2.41. The summed E-state index contributed by atoms with van der Waals surface area (Å²) in [6.45, 7) is 2.26. The average Bonchev–Trinajstić information content (AvgIpc) is 3.22. The van der Waals surface area contributed by atoms with Gasteiger partial charge in [0.2, 0.25) is 5.91 Å². The lowest BCUT2D eigenvalue weighted by atomic mass is 10.1. The van der Waals surface area contributed by atoms with Gasteiger partial charge in [0.15, 0.2) is 9.84 Å². The second kappa shape index (κ2) is 7.13. The minimum Gasteiger partial charge on any atom is -0.372 e. The molecule has 1 aromatic rings. The molecule has 3 rings (SSSR count). The van der Waals surface area contributed by atoms with Gasteiger partial charge < -0.3 is 9.80 Å². The molecule has 0 bridgehead atoms. The monoisotopic (exact) mass is 350 g/mol. The van der Waals surface area contributed by atoms with E-state index in [0.29, 0.717) is 19.3 Å². The first-order valence-corrected chi connectivity index (χ1v) is 10.6. The van der Waals surface area contributed by atoms with Crippen molar-refractivity contribution in [3.63, 3.8) is 0 Å². The molecule has 0 aromatic heterocycles. The predicted molar refractivity (Wildman–Crippen MR) is 96.0 cm³/mol. The highest BCUT2D eigenvalue weighted by atomic mass is 32.2. The highest BCUT2D eigenvalue weighted by Crippen LogP contribution is 2.21. The highest BCUT2D eigenvalue weighted by molar-refractivity contribution is 7.91. The normalized spacial score (nSPS) is 22.7. The molecule has 0 radical (unpaired) electrons. The Morgan fingerprint density at radius 2 is 1.88 bits per heavy atom. The largest absolute Gasteiger partial charge is 0.372 e. The van der Waals surface area contributed by atoms with Gasteiger partial charge in [0.1, 0.15) is 0 Å². The first-order valence-electron chi connectivity index (χ1n) is 8.74. The van der Waals surface area contributed by atoms with Crippen LogP contribution in [0.2, 0.25) is 0 Å². The maximum absolute atomic E-state index is 12.3. The standard InChI is InChI=1S/C18H26N2O3S/c1-19(17-10-13-24(22,23)14-17)18(21)9-6-15-4-7-16(8-5-15)20-11-2-3-12-20/h4-5,7-8,17H,2-3,6,9-14H2,1H3. The first kappa shape index (κ1) is 17.3. The van der Waals surface area contributed by atoms with Crippen LogP contribution < -0.4 is 4.90 Å². The van der Waals surface area contributed by atoms with Crippen molar-refractivity contribution in [2.24, 2.45) is 0 Å². The van der Waals surface area contributed by atoms with Gasteiger partial charge in [-0.15, -0.1) is 0 Å². The fourth-order valence-corrected chi connectivity index (χ4v) is 5.34. The third kappa shape index (κ3) is 4.09. The van der Waals surface area contributed by atoms with Gasteiger partial charge in [0, 0.05) is 38.3 Å². The van der Waals surface area contributed by atoms with Crippen LogP contribution in [0.5, 0.6) is 0 Å². The van der Waals surface area contributed by atoms with E-state index in [1.54, 1.807) is 11.9 Å². The van der Waals surface area contributed by atoms with Gasteiger partial charge in [0.05, 0.1) is 11.5 Å². The summed E-state index contributed by atoms with van der Waals surface area (Å²) in [6, 6.07) is 8.32. The van der Waals surface area contributed by atoms with Gasteiger partial charge in [-0.2, -0.15) is 0 Å². The lowest BCUT2D eigenvalue weighted by Gasteiger charge is -2.23. The van der Waals surface area contributed by atoms with Crippen molar-refractivity contribution in [2.75, 3.05) is 36.5 Å². The molecule has 2 heterocycles. The van der Waals surface area contributed by atoms with Crippen LogP contribution in [0, 0.1) is 0 Å². The van der Waals surface area contributed by atoms with Crippen LogP contribution in [0.4, 0.5) is 5.69 Å². The second-order valence-corrected chi connectivity index (χ2v) is 9.15. The molecule has 0 saturated carbocycles. The lowest BCUT2D eigenvalue weighted by molar-refractivity contribution is -0.131. The Morgan fingerprint density at radius 1 is 1.21 bits per heavy atom. The number of carbonyl (C=O) groups is 1. The van der Waals surface area contributed by atoms with E-state index in [1.807, 2.05) is 0 Å². The van der Waals surface area contributed by atoms with Gasteiger partial charge in [-0.1, -0.05) is 12.1 Å². The van der Waals surface area contributed by atoms with Crippen LogP contribution in [-0.4, -0.2) is 56.9 Å². The number of hydrogen-bond donors (Lipinski definition) is 0. The van der Waals surface area contributed by atoms with Crippen LogP contribution in [0.25, 0.3) is 0 Å². The van der Waals surface area contributed by atoms with Crippen LogP contribution in [0.3, 0.4) is 0 Å².